The first-order valence-corrected chi connectivity index (χ1v) is 5.64. The summed E-state index contributed by atoms with van der Waals surface area (Å²) in [6, 6.07) is 7.96. The Labute approximate surface area is 109 Å². The largest absolute Gasteiger partial charge is 0.388 e. The summed E-state index contributed by atoms with van der Waals surface area (Å²) in [6.45, 7) is 1.79. The van der Waals surface area contributed by atoms with Crippen molar-refractivity contribution >= 4 is 28.8 Å². The van der Waals surface area contributed by atoms with Gasteiger partial charge in [-0.3, -0.25) is 0 Å². The van der Waals surface area contributed by atoms with Gasteiger partial charge in [0.2, 0.25) is 5.95 Å². The Morgan fingerprint density at radius 1 is 1.33 bits per heavy atom. The molecular formula is C12H11FN4S. The van der Waals surface area contributed by atoms with Crippen molar-refractivity contribution in [3.05, 3.63) is 47.5 Å². The molecule has 1 heterocycles. The molecule has 1 aromatic carbocycles. The predicted octanol–water partition coefficient (Wildman–Crippen LogP) is 2.30. The van der Waals surface area contributed by atoms with Gasteiger partial charge in [-0.1, -0.05) is 24.4 Å². The van der Waals surface area contributed by atoms with E-state index in [2.05, 4.69) is 15.3 Å². The summed E-state index contributed by atoms with van der Waals surface area (Å²) >= 11 is 4.86. The van der Waals surface area contributed by atoms with E-state index < -0.39 is 0 Å². The van der Waals surface area contributed by atoms with E-state index in [-0.39, 0.29) is 16.8 Å². The summed E-state index contributed by atoms with van der Waals surface area (Å²) in [5.74, 6) is -0.109. The Morgan fingerprint density at radius 2 is 2.06 bits per heavy atom. The molecule has 6 heteroatoms. The topological polar surface area (TPSA) is 63.8 Å². The molecule has 0 aliphatic heterocycles. The van der Waals surface area contributed by atoms with Crippen LogP contribution in [0.25, 0.3) is 0 Å². The Morgan fingerprint density at radius 3 is 2.72 bits per heavy atom. The SMILES string of the molecule is Cc1cc(C(N)=S)nc(Nc2ccccc2F)n1. The van der Waals surface area contributed by atoms with Crippen molar-refractivity contribution in [1.29, 1.82) is 0 Å². The van der Waals surface area contributed by atoms with E-state index in [9.17, 15) is 4.39 Å². The fourth-order valence-electron chi connectivity index (χ4n) is 1.43. The zero-order valence-corrected chi connectivity index (χ0v) is 10.5. The van der Waals surface area contributed by atoms with E-state index in [1.807, 2.05) is 0 Å². The molecule has 0 saturated heterocycles. The van der Waals surface area contributed by atoms with E-state index in [0.717, 1.165) is 0 Å². The summed E-state index contributed by atoms with van der Waals surface area (Å²) in [5.41, 5.74) is 6.97. The maximum Gasteiger partial charge on any atom is 0.228 e. The average Bonchev–Trinajstić information content (AvgIpc) is 2.31. The molecule has 1 aromatic heterocycles. The van der Waals surface area contributed by atoms with Gasteiger partial charge in [0.1, 0.15) is 16.5 Å². The number of thiocarbonyl (C=S) groups is 1. The first-order valence-electron chi connectivity index (χ1n) is 5.23. The molecule has 4 nitrogen and oxygen atoms in total. The smallest absolute Gasteiger partial charge is 0.228 e. The first-order chi connectivity index (χ1) is 8.56. The molecule has 2 aromatic rings. The fourth-order valence-corrected chi connectivity index (χ4v) is 1.54. The number of aromatic nitrogens is 2. The fraction of sp³-hybridized carbons (Fsp3) is 0.0833. The van der Waals surface area contributed by atoms with Gasteiger partial charge in [-0.25, -0.2) is 14.4 Å². The normalized spacial score (nSPS) is 10.1. The number of nitrogens with two attached hydrogens (primary N) is 1. The molecule has 0 fully saturated rings. The number of aryl methyl sites for hydroxylation is 1. The van der Waals surface area contributed by atoms with Crippen LogP contribution in [0.3, 0.4) is 0 Å². The van der Waals surface area contributed by atoms with E-state index in [1.54, 1.807) is 31.2 Å². The zero-order valence-electron chi connectivity index (χ0n) is 9.64. The molecule has 92 valence electrons. The van der Waals surface area contributed by atoms with Crippen LogP contribution < -0.4 is 11.1 Å². The lowest BCUT2D eigenvalue weighted by molar-refractivity contribution is 0.631. The molecule has 0 amide bonds. The quantitative estimate of drug-likeness (QED) is 0.831. The van der Waals surface area contributed by atoms with Gasteiger partial charge >= 0.3 is 0 Å². The molecule has 0 bridgehead atoms. The summed E-state index contributed by atoms with van der Waals surface area (Å²) in [4.78, 5) is 8.44. The van der Waals surface area contributed by atoms with Gasteiger partial charge in [-0.05, 0) is 25.1 Å². The van der Waals surface area contributed by atoms with Crippen molar-refractivity contribution in [3.8, 4) is 0 Å². The molecule has 3 N–H and O–H groups in total. The highest BCUT2D eigenvalue weighted by atomic mass is 32.1. The van der Waals surface area contributed by atoms with Gasteiger partial charge in [-0.15, -0.1) is 0 Å². The average molecular weight is 262 g/mol. The number of anilines is 2. The van der Waals surface area contributed by atoms with Crippen LogP contribution in [-0.2, 0) is 0 Å². The lowest BCUT2D eigenvalue weighted by Gasteiger charge is -2.08. The second-order valence-corrected chi connectivity index (χ2v) is 4.13. The predicted molar refractivity (Wildman–Crippen MR) is 72.3 cm³/mol. The van der Waals surface area contributed by atoms with Crippen molar-refractivity contribution < 1.29 is 4.39 Å². The highest BCUT2D eigenvalue weighted by Crippen LogP contribution is 2.17. The lowest BCUT2D eigenvalue weighted by Crippen LogP contribution is -2.14. The number of rotatable bonds is 3. The van der Waals surface area contributed by atoms with Crippen LogP contribution >= 0.6 is 12.2 Å². The van der Waals surface area contributed by atoms with Crippen LogP contribution in [0.1, 0.15) is 11.4 Å². The third kappa shape index (κ3) is 2.78. The molecular weight excluding hydrogens is 251 g/mol. The highest BCUT2D eigenvalue weighted by molar-refractivity contribution is 7.80. The third-order valence-corrected chi connectivity index (χ3v) is 2.44. The van der Waals surface area contributed by atoms with Crippen molar-refractivity contribution in [2.45, 2.75) is 6.92 Å². The van der Waals surface area contributed by atoms with Crippen molar-refractivity contribution in [2.24, 2.45) is 5.73 Å². The number of hydrogen-bond donors (Lipinski definition) is 2. The van der Waals surface area contributed by atoms with Crippen molar-refractivity contribution in [1.82, 2.24) is 9.97 Å². The minimum absolute atomic E-state index is 0.178. The van der Waals surface area contributed by atoms with Gasteiger partial charge in [0.15, 0.2) is 0 Å². The monoisotopic (exact) mass is 262 g/mol. The maximum absolute atomic E-state index is 13.5. The maximum atomic E-state index is 13.5. The van der Waals surface area contributed by atoms with Crippen LogP contribution in [-0.4, -0.2) is 15.0 Å². The highest BCUT2D eigenvalue weighted by Gasteiger charge is 2.07. The second-order valence-electron chi connectivity index (χ2n) is 3.69. The second kappa shape index (κ2) is 5.05. The molecule has 0 atom stereocenters. The van der Waals surface area contributed by atoms with Crippen molar-refractivity contribution in [3.63, 3.8) is 0 Å². The summed E-state index contributed by atoms with van der Waals surface area (Å²) in [6.07, 6.45) is 0. The minimum atomic E-state index is -0.375. The number of para-hydroxylation sites is 1. The number of hydrogen-bond acceptors (Lipinski definition) is 4. The van der Waals surface area contributed by atoms with Crippen LogP contribution in [0.4, 0.5) is 16.0 Å². The Bertz CT molecular complexity index is 600. The van der Waals surface area contributed by atoms with Gasteiger partial charge in [0.25, 0.3) is 0 Å². The van der Waals surface area contributed by atoms with Gasteiger partial charge < -0.3 is 11.1 Å². The molecule has 18 heavy (non-hydrogen) atoms. The number of nitrogens with zero attached hydrogens (tertiary/aromatic N) is 2. The molecule has 0 aliphatic carbocycles. The van der Waals surface area contributed by atoms with E-state index in [0.29, 0.717) is 17.1 Å². The van der Waals surface area contributed by atoms with E-state index >= 15 is 0 Å². The third-order valence-electron chi connectivity index (χ3n) is 2.23. The van der Waals surface area contributed by atoms with Crippen molar-refractivity contribution in [2.75, 3.05) is 5.32 Å². The van der Waals surface area contributed by atoms with E-state index in [4.69, 9.17) is 18.0 Å². The zero-order chi connectivity index (χ0) is 13.1. The van der Waals surface area contributed by atoms with Gasteiger partial charge in [0, 0.05) is 5.69 Å². The molecule has 0 aliphatic rings. The van der Waals surface area contributed by atoms with Crippen LogP contribution in [0.15, 0.2) is 30.3 Å². The molecule has 0 saturated carbocycles. The van der Waals surface area contributed by atoms with Gasteiger partial charge in [-0.2, -0.15) is 0 Å². The number of nitrogens with one attached hydrogen (secondary N) is 1. The lowest BCUT2D eigenvalue weighted by atomic mass is 10.3. The summed E-state index contributed by atoms with van der Waals surface area (Å²) in [5, 5.41) is 2.80. The van der Waals surface area contributed by atoms with E-state index in [1.165, 1.54) is 6.07 Å². The number of halogens is 1. The van der Waals surface area contributed by atoms with Crippen LogP contribution in [0.5, 0.6) is 0 Å². The Hall–Kier alpha value is -2.08. The van der Waals surface area contributed by atoms with Crippen LogP contribution in [0, 0.1) is 12.7 Å². The Kier molecular flexibility index (Phi) is 3.47. The molecule has 0 unspecified atom stereocenters. The minimum Gasteiger partial charge on any atom is -0.388 e. The van der Waals surface area contributed by atoms with Gasteiger partial charge in [0.05, 0.1) is 5.69 Å². The summed E-state index contributed by atoms with van der Waals surface area (Å²) in [7, 11) is 0. The summed E-state index contributed by atoms with van der Waals surface area (Å²) < 4.78 is 13.5. The first kappa shape index (κ1) is 12.4. The van der Waals surface area contributed by atoms with Crippen LogP contribution in [0.2, 0.25) is 0 Å². The Balaban J connectivity index is 2.35. The number of benzene rings is 1. The standard InChI is InChI=1S/C12H11FN4S/c1-7-6-10(11(14)18)17-12(15-7)16-9-5-3-2-4-8(9)13/h2-6H,1H3,(H2,14,18)(H,15,16,17). The molecule has 0 spiro atoms. The molecule has 2 rings (SSSR count). The molecule has 0 radical (unpaired) electrons.